The van der Waals surface area contributed by atoms with Crippen LogP contribution >= 0.6 is 0 Å². The van der Waals surface area contributed by atoms with Crippen LogP contribution in [0.5, 0.6) is 5.75 Å². The molecule has 210 valence electrons. The van der Waals surface area contributed by atoms with Gasteiger partial charge in [0.05, 0.1) is 18.8 Å². The Labute approximate surface area is 251 Å². The zero-order chi connectivity index (χ0) is 29.3. The third-order valence-electron chi connectivity index (χ3n) is 9.29. The van der Waals surface area contributed by atoms with Crippen LogP contribution in [-0.2, 0) is 33.7 Å². The molecule has 2 atom stereocenters. The molecule has 0 fully saturated rings. The molecular weight excluding hydrogens is 532 g/mol. The maximum atomic E-state index is 15.3. The van der Waals surface area contributed by atoms with E-state index >= 15 is 9.59 Å². The summed E-state index contributed by atoms with van der Waals surface area (Å²) in [5.74, 6) is 0.175. The summed E-state index contributed by atoms with van der Waals surface area (Å²) in [4.78, 5) is 34.1. The highest BCUT2D eigenvalue weighted by atomic mass is 16.5. The van der Waals surface area contributed by atoms with Crippen LogP contribution in [0.2, 0.25) is 0 Å². The Morgan fingerprint density at radius 1 is 0.535 bits per heavy atom. The van der Waals surface area contributed by atoms with Crippen LogP contribution in [-0.4, -0.2) is 11.8 Å². The van der Waals surface area contributed by atoms with E-state index in [9.17, 15) is 0 Å². The summed E-state index contributed by atoms with van der Waals surface area (Å²) in [5, 5.41) is 0. The van der Waals surface area contributed by atoms with E-state index in [1.54, 1.807) is 4.90 Å². The molecule has 0 aromatic heterocycles. The Morgan fingerprint density at radius 3 is 1.60 bits per heavy atom. The van der Waals surface area contributed by atoms with Gasteiger partial charge in [-0.15, -0.1) is 0 Å². The number of hydrogen-bond acceptors (Lipinski definition) is 3. The molecular formula is C38H30N2O3. The molecule has 0 aliphatic carbocycles. The quantitative estimate of drug-likeness (QED) is 0.238. The first-order chi connectivity index (χ1) is 20.9. The highest BCUT2D eigenvalue weighted by molar-refractivity contribution is 6.21. The van der Waals surface area contributed by atoms with Gasteiger partial charge in [-0.3, -0.25) is 9.59 Å². The molecule has 5 aromatic rings. The number of rotatable bonds is 4. The molecule has 0 saturated heterocycles. The molecule has 8 rings (SSSR count). The molecule has 5 aromatic carbocycles. The number of para-hydroxylation sites is 3. The summed E-state index contributed by atoms with van der Waals surface area (Å²) >= 11 is 0. The van der Waals surface area contributed by atoms with Gasteiger partial charge in [-0.2, -0.15) is 0 Å². The number of benzene rings is 5. The maximum absolute atomic E-state index is 15.3. The second-order valence-electron chi connectivity index (χ2n) is 11.8. The number of ether oxygens (including phenoxy) is 1. The van der Waals surface area contributed by atoms with Crippen LogP contribution in [0.3, 0.4) is 0 Å². The van der Waals surface area contributed by atoms with Gasteiger partial charge in [0.1, 0.15) is 5.75 Å². The maximum Gasteiger partial charge on any atom is 0.278 e. The number of carbonyl (C=O) groups excluding carboxylic acids is 2. The van der Waals surface area contributed by atoms with Crippen LogP contribution in [0, 0.1) is 13.8 Å². The Balaban J connectivity index is 1.37. The minimum atomic E-state index is -1.60. The van der Waals surface area contributed by atoms with E-state index in [1.165, 1.54) is 0 Å². The molecule has 3 aliphatic rings. The SMILES string of the molecule is Cc1ccc(CN2C(=O)C3(Oc4ccccc4C34C(=O)N(Cc3ccc(C)cc3)c3ccccc34)c3ccccc32)cc1. The topological polar surface area (TPSA) is 49.9 Å². The highest BCUT2D eigenvalue weighted by Crippen LogP contribution is 2.66. The Hall–Kier alpha value is -5.16. The van der Waals surface area contributed by atoms with Crippen molar-refractivity contribution in [3.05, 3.63) is 160 Å². The number of hydrogen-bond donors (Lipinski definition) is 0. The van der Waals surface area contributed by atoms with Gasteiger partial charge in [-0.05, 0) is 43.2 Å². The van der Waals surface area contributed by atoms with E-state index in [0.717, 1.165) is 44.8 Å². The van der Waals surface area contributed by atoms with Crippen LogP contribution in [0.25, 0.3) is 0 Å². The average molecular weight is 563 g/mol. The van der Waals surface area contributed by atoms with Crippen molar-refractivity contribution in [1.82, 2.24) is 0 Å². The predicted molar refractivity (Wildman–Crippen MR) is 167 cm³/mol. The van der Waals surface area contributed by atoms with E-state index in [4.69, 9.17) is 4.74 Å². The predicted octanol–water partition coefficient (Wildman–Crippen LogP) is 6.97. The first kappa shape index (κ1) is 25.5. The first-order valence-corrected chi connectivity index (χ1v) is 14.7. The molecule has 0 bridgehead atoms. The van der Waals surface area contributed by atoms with Gasteiger partial charge in [0.15, 0.2) is 5.41 Å². The van der Waals surface area contributed by atoms with Crippen LogP contribution in [0.4, 0.5) is 11.4 Å². The third-order valence-corrected chi connectivity index (χ3v) is 9.29. The van der Waals surface area contributed by atoms with Crippen LogP contribution < -0.4 is 14.5 Å². The van der Waals surface area contributed by atoms with Gasteiger partial charge < -0.3 is 14.5 Å². The summed E-state index contributed by atoms with van der Waals surface area (Å²) in [6, 6.07) is 39.8. The minimum Gasteiger partial charge on any atom is -0.470 e. The Kier molecular flexibility index (Phi) is 5.45. The van der Waals surface area contributed by atoms with Crippen molar-refractivity contribution in [3.63, 3.8) is 0 Å². The fourth-order valence-corrected chi connectivity index (χ4v) is 7.30. The summed E-state index contributed by atoms with van der Waals surface area (Å²) < 4.78 is 6.92. The van der Waals surface area contributed by atoms with Crippen molar-refractivity contribution in [2.45, 2.75) is 38.0 Å². The third kappa shape index (κ3) is 3.33. The van der Waals surface area contributed by atoms with E-state index in [-0.39, 0.29) is 11.8 Å². The van der Waals surface area contributed by atoms with E-state index in [1.807, 2.05) is 84.6 Å². The normalized spacial score (nSPS) is 21.3. The van der Waals surface area contributed by atoms with E-state index in [2.05, 4.69) is 55.5 Å². The zero-order valence-corrected chi connectivity index (χ0v) is 24.1. The summed E-state index contributed by atoms with van der Waals surface area (Å²) in [6.07, 6.45) is 0. The molecule has 0 N–H and O–H groups in total. The lowest BCUT2D eigenvalue weighted by Gasteiger charge is -2.37. The summed E-state index contributed by atoms with van der Waals surface area (Å²) in [7, 11) is 0. The monoisotopic (exact) mass is 562 g/mol. The molecule has 5 heteroatoms. The number of anilines is 2. The Bertz CT molecular complexity index is 1930. The molecule has 2 unspecified atom stereocenters. The number of carbonyl (C=O) groups is 2. The van der Waals surface area contributed by atoms with Crippen molar-refractivity contribution in [1.29, 1.82) is 0 Å². The molecule has 3 aliphatic heterocycles. The summed E-state index contributed by atoms with van der Waals surface area (Å²) in [6.45, 7) is 4.86. The van der Waals surface area contributed by atoms with Crippen molar-refractivity contribution in [2.75, 3.05) is 9.80 Å². The molecule has 0 radical (unpaired) electrons. The lowest BCUT2D eigenvalue weighted by atomic mass is 9.62. The molecule has 0 saturated carbocycles. The largest absolute Gasteiger partial charge is 0.470 e. The van der Waals surface area contributed by atoms with Crippen molar-refractivity contribution in [3.8, 4) is 5.75 Å². The lowest BCUT2D eigenvalue weighted by molar-refractivity contribution is -0.143. The average Bonchev–Trinajstić information content (AvgIpc) is 3.57. The van der Waals surface area contributed by atoms with Gasteiger partial charge in [-0.1, -0.05) is 114 Å². The minimum absolute atomic E-state index is 0.153. The van der Waals surface area contributed by atoms with Gasteiger partial charge in [0.2, 0.25) is 11.5 Å². The van der Waals surface area contributed by atoms with Crippen molar-refractivity contribution in [2.24, 2.45) is 0 Å². The standard InChI is InChI=1S/C38H30N2O3/c1-25-15-19-27(20-16-25)23-39-32-12-6-3-9-29(32)37(35(39)41)31-11-5-8-14-34(31)43-38(37)30-10-4-7-13-33(30)40(36(38)42)24-28-21-17-26(2)18-22-28/h3-22H,23-24H2,1-2H3. The molecule has 2 spiro atoms. The van der Waals surface area contributed by atoms with Gasteiger partial charge in [0.25, 0.3) is 5.91 Å². The number of nitrogens with zero attached hydrogens (tertiary/aromatic N) is 2. The second kappa shape index (κ2) is 9.17. The smallest absolute Gasteiger partial charge is 0.278 e. The van der Waals surface area contributed by atoms with Gasteiger partial charge >= 0.3 is 0 Å². The number of fused-ring (bicyclic) bond motifs is 7. The second-order valence-corrected chi connectivity index (χ2v) is 11.8. The van der Waals surface area contributed by atoms with Gasteiger partial charge in [-0.25, -0.2) is 0 Å². The van der Waals surface area contributed by atoms with Crippen molar-refractivity contribution >= 4 is 23.2 Å². The van der Waals surface area contributed by atoms with Gasteiger partial charge in [0, 0.05) is 22.4 Å². The zero-order valence-electron chi connectivity index (χ0n) is 24.1. The molecule has 43 heavy (non-hydrogen) atoms. The fraction of sp³-hybridized carbons (Fsp3) is 0.158. The first-order valence-electron chi connectivity index (χ1n) is 14.7. The number of amides is 2. The molecule has 3 heterocycles. The van der Waals surface area contributed by atoms with Crippen molar-refractivity contribution < 1.29 is 14.3 Å². The van der Waals surface area contributed by atoms with E-state index in [0.29, 0.717) is 24.4 Å². The lowest BCUT2D eigenvalue weighted by Crippen LogP contribution is -2.60. The molecule has 2 amide bonds. The highest BCUT2D eigenvalue weighted by Gasteiger charge is 2.77. The Morgan fingerprint density at radius 2 is 1.00 bits per heavy atom. The van der Waals surface area contributed by atoms with E-state index < -0.39 is 11.0 Å². The fourth-order valence-electron chi connectivity index (χ4n) is 7.30. The molecule has 5 nitrogen and oxygen atoms in total. The summed E-state index contributed by atoms with van der Waals surface area (Å²) in [5.41, 5.74) is 5.13. The van der Waals surface area contributed by atoms with Crippen LogP contribution in [0.15, 0.2) is 121 Å². The number of aryl methyl sites for hydroxylation is 2. The van der Waals surface area contributed by atoms with Crippen LogP contribution in [0.1, 0.15) is 38.9 Å².